The second-order valence-electron chi connectivity index (χ2n) is 22.3. The first kappa shape index (κ1) is 75.3. The van der Waals surface area contributed by atoms with Crippen LogP contribution in [0.1, 0.15) is 329 Å². The molecule has 0 aromatic rings. The summed E-state index contributed by atoms with van der Waals surface area (Å²) in [5, 5.41) is 0. The average Bonchev–Trinajstić information content (AvgIpc) is 3.45. The van der Waals surface area contributed by atoms with E-state index in [0.717, 1.165) is 109 Å². The number of rotatable bonds is 61. The molecule has 1 unspecified atom stereocenters. The van der Waals surface area contributed by atoms with E-state index in [4.69, 9.17) is 14.2 Å². The quantitative estimate of drug-likeness (QED) is 0.0261. The van der Waals surface area contributed by atoms with Gasteiger partial charge in [-0.2, -0.15) is 0 Å². The zero-order valence-electron chi connectivity index (χ0n) is 52.1. The smallest absolute Gasteiger partial charge is 0.306 e. The van der Waals surface area contributed by atoms with E-state index in [1.165, 1.54) is 180 Å². The highest BCUT2D eigenvalue weighted by Crippen LogP contribution is 2.17. The van der Waals surface area contributed by atoms with Gasteiger partial charge < -0.3 is 14.2 Å². The molecule has 0 aromatic carbocycles. The summed E-state index contributed by atoms with van der Waals surface area (Å²) in [5.74, 6) is -0.884. The standard InChI is InChI=1S/C73H126O6/c1-4-7-10-13-16-19-22-24-26-28-30-31-32-33-34-35-36-37-38-39-40-41-42-43-44-46-47-49-51-54-57-60-63-66-72(75)78-69-70(68-77-71(74)65-62-59-56-53-21-18-15-12-9-6-3)79-73(76)67-64-61-58-55-52-50-48-45-29-27-25-23-20-17-14-11-8-5-2/h7,10,12,15-16,19,24,26-27,29-31,33-34,36-37,70H,4-6,8-9,11,13-14,17-18,20-23,25,28,32,35,38-69H2,1-3H3/b10-7-,15-12-,19-16-,26-24-,29-27-,31-30-,34-33-,37-36-. The minimum Gasteiger partial charge on any atom is -0.462 e. The normalized spacial score (nSPS) is 12.7. The fourth-order valence-electron chi connectivity index (χ4n) is 9.50. The molecule has 0 aliphatic carbocycles. The largest absolute Gasteiger partial charge is 0.462 e. The molecule has 0 spiro atoms. The van der Waals surface area contributed by atoms with E-state index < -0.39 is 6.10 Å². The third-order valence-electron chi connectivity index (χ3n) is 14.5. The molecule has 0 aromatic heterocycles. The molecule has 0 N–H and O–H groups in total. The lowest BCUT2D eigenvalue weighted by Gasteiger charge is -2.18. The molecular weight excluding hydrogens is 973 g/mol. The van der Waals surface area contributed by atoms with Crippen molar-refractivity contribution in [3.05, 3.63) is 97.2 Å². The number of ether oxygens (including phenoxy) is 3. The van der Waals surface area contributed by atoms with E-state index in [9.17, 15) is 14.4 Å². The first-order valence-electron chi connectivity index (χ1n) is 33.7. The van der Waals surface area contributed by atoms with Crippen LogP contribution < -0.4 is 0 Å². The number of hydrogen-bond donors (Lipinski definition) is 0. The number of hydrogen-bond acceptors (Lipinski definition) is 6. The van der Waals surface area contributed by atoms with E-state index in [-0.39, 0.29) is 31.1 Å². The molecule has 0 fully saturated rings. The Morgan fingerprint density at radius 3 is 0.835 bits per heavy atom. The Morgan fingerprint density at radius 2 is 0.519 bits per heavy atom. The zero-order valence-corrected chi connectivity index (χ0v) is 52.1. The van der Waals surface area contributed by atoms with Crippen molar-refractivity contribution in [1.82, 2.24) is 0 Å². The molecule has 0 amide bonds. The van der Waals surface area contributed by atoms with Crippen LogP contribution in [-0.2, 0) is 28.6 Å². The molecule has 0 aliphatic rings. The molecule has 0 saturated carbocycles. The summed E-state index contributed by atoms with van der Waals surface area (Å²) in [6, 6.07) is 0. The second kappa shape index (κ2) is 66.8. The van der Waals surface area contributed by atoms with E-state index >= 15 is 0 Å². The number of esters is 3. The van der Waals surface area contributed by atoms with Crippen molar-refractivity contribution in [3.8, 4) is 0 Å². The van der Waals surface area contributed by atoms with Crippen LogP contribution in [0.5, 0.6) is 0 Å². The van der Waals surface area contributed by atoms with Crippen molar-refractivity contribution >= 4 is 17.9 Å². The van der Waals surface area contributed by atoms with Crippen molar-refractivity contribution in [2.75, 3.05) is 13.2 Å². The Bertz CT molecular complexity index is 1540. The third kappa shape index (κ3) is 65.0. The Labute approximate surface area is 489 Å². The van der Waals surface area contributed by atoms with Crippen LogP contribution in [0.4, 0.5) is 0 Å². The summed E-state index contributed by atoms with van der Waals surface area (Å²) in [6.07, 6.45) is 90.1. The average molecular weight is 1100 g/mol. The topological polar surface area (TPSA) is 78.9 Å². The highest BCUT2D eigenvalue weighted by molar-refractivity contribution is 5.71. The minimum atomic E-state index is -0.782. The predicted octanol–water partition coefficient (Wildman–Crippen LogP) is 23.2. The molecule has 454 valence electrons. The summed E-state index contributed by atoms with van der Waals surface area (Å²) in [6.45, 7) is 6.48. The van der Waals surface area contributed by atoms with Gasteiger partial charge in [-0.05, 0) is 116 Å². The Kier molecular flexibility index (Phi) is 63.7. The van der Waals surface area contributed by atoms with Crippen LogP contribution >= 0.6 is 0 Å². The first-order chi connectivity index (χ1) is 39.0. The highest BCUT2D eigenvalue weighted by Gasteiger charge is 2.19. The fourth-order valence-corrected chi connectivity index (χ4v) is 9.50. The number of carbonyl (C=O) groups excluding carboxylic acids is 3. The third-order valence-corrected chi connectivity index (χ3v) is 14.5. The predicted molar refractivity (Wildman–Crippen MR) is 344 cm³/mol. The van der Waals surface area contributed by atoms with Gasteiger partial charge in [-0.15, -0.1) is 0 Å². The van der Waals surface area contributed by atoms with Crippen molar-refractivity contribution < 1.29 is 28.6 Å². The van der Waals surface area contributed by atoms with Crippen LogP contribution in [0.2, 0.25) is 0 Å². The van der Waals surface area contributed by atoms with Crippen molar-refractivity contribution in [2.24, 2.45) is 0 Å². The number of allylic oxidation sites excluding steroid dienone is 16. The van der Waals surface area contributed by atoms with Gasteiger partial charge in [-0.25, -0.2) is 0 Å². The van der Waals surface area contributed by atoms with Gasteiger partial charge >= 0.3 is 17.9 Å². The molecule has 6 nitrogen and oxygen atoms in total. The van der Waals surface area contributed by atoms with E-state index in [0.29, 0.717) is 19.3 Å². The molecule has 1 atom stereocenters. The lowest BCUT2D eigenvalue weighted by Crippen LogP contribution is -2.30. The lowest BCUT2D eigenvalue weighted by molar-refractivity contribution is -0.167. The summed E-state index contributed by atoms with van der Waals surface area (Å²) in [5.41, 5.74) is 0. The van der Waals surface area contributed by atoms with E-state index in [1.54, 1.807) is 0 Å². The van der Waals surface area contributed by atoms with Gasteiger partial charge in [0.2, 0.25) is 0 Å². The summed E-state index contributed by atoms with van der Waals surface area (Å²) in [4.78, 5) is 38.2. The molecule has 0 saturated heterocycles. The van der Waals surface area contributed by atoms with Gasteiger partial charge in [-0.3, -0.25) is 14.4 Å². The molecule has 0 radical (unpaired) electrons. The zero-order chi connectivity index (χ0) is 57.1. The number of unbranched alkanes of at least 4 members (excludes halogenated alkanes) is 34. The van der Waals surface area contributed by atoms with Gasteiger partial charge in [-0.1, -0.05) is 291 Å². The SMILES string of the molecule is CC/C=C\C/C=C\C/C=C\C/C=C\C/C=C\C/C=C\CCCCCCCCCCCCCCCCC(=O)OCC(COC(=O)CCCCCCC/C=C\CCC)OC(=O)CCCCCCCCC/C=C\CCCCCCCCC. The maximum Gasteiger partial charge on any atom is 0.306 e. The summed E-state index contributed by atoms with van der Waals surface area (Å²) >= 11 is 0. The fraction of sp³-hybridized carbons (Fsp3) is 0.740. The van der Waals surface area contributed by atoms with Crippen LogP contribution in [0.15, 0.2) is 97.2 Å². The van der Waals surface area contributed by atoms with Gasteiger partial charge in [0.25, 0.3) is 0 Å². The Balaban J connectivity index is 4.15. The maximum absolute atomic E-state index is 12.9. The monoisotopic (exact) mass is 1100 g/mol. The molecule has 0 bridgehead atoms. The van der Waals surface area contributed by atoms with Crippen molar-refractivity contribution in [1.29, 1.82) is 0 Å². The molecule has 0 heterocycles. The highest BCUT2D eigenvalue weighted by atomic mass is 16.6. The molecule has 0 rings (SSSR count). The van der Waals surface area contributed by atoms with Crippen LogP contribution in [0.3, 0.4) is 0 Å². The number of carbonyl (C=O) groups is 3. The van der Waals surface area contributed by atoms with Gasteiger partial charge in [0.05, 0.1) is 0 Å². The van der Waals surface area contributed by atoms with E-state index in [2.05, 4.69) is 118 Å². The lowest BCUT2D eigenvalue weighted by atomic mass is 10.0. The molecular formula is C73H126O6. The minimum absolute atomic E-state index is 0.0794. The van der Waals surface area contributed by atoms with Crippen LogP contribution in [0.25, 0.3) is 0 Å². The van der Waals surface area contributed by atoms with Crippen molar-refractivity contribution in [2.45, 2.75) is 335 Å². The van der Waals surface area contributed by atoms with E-state index in [1.807, 2.05) is 0 Å². The molecule has 0 aliphatic heterocycles. The Hall–Kier alpha value is -3.67. The van der Waals surface area contributed by atoms with Crippen LogP contribution in [0, 0.1) is 0 Å². The molecule has 79 heavy (non-hydrogen) atoms. The maximum atomic E-state index is 12.9. The molecule has 6 heteroatoms. The van der Waals surface area contributed by atoms with Gasteiger partial charge in [0.15, 0.2) is 6.10 Å². The Morgan fingerprint density at radius 1 is 0.266 bits per heavy atom. The first-order valence-corrected chi connectivity index (χ1v) is 33.7. The van der Waals surface area contributed by atoms with Gasteiger partial charge in [0, 0.05) is 19.3 Å². The van der Waals surface area contributed by atoms with Crippen LogP contribution in [-0.4, -0.2) is 37.2 Å². The van der Waals surface area contributed by atoms with Crippen molar-refractivity contribution in [3.63, 3.8) is 0 Å². The van der Waals surface area contributed by atoms with Gasteiger partial charge in [0.1, 0.15) is 13.2 Å². The summed E-state index contributed by atoms with van der Waals surface area (Å²) in [7, 11) is 0. The summed E-state index contributed by atoms with van der Waals surface area (Å²) < 4.78 is 16.9. The second-order valence-corrected chi connectivity index (χ2v) is 22.3.